The molecule has 0 unspecified atom stereocenters. The highest BCUT2D eigenvalue weighted by molar-refractivity contribution is 6.31. The zero-order valence-electron chi connectivity index (χ0n) is 25.8. The first-order chi connectivity index (χ1) is 23.0. The molecule has 7 heteroatoms. The zero-order valence-corrected chi connectivity index (χ0v) is 26.6. The Morgan fingerprint density at radius 2 is 1.40 bits per heavy atom. The number of hydrogen-bond acceptors (Lipinski definition) is 3. The molecule has 1 aromatic heterocycles. The minimum absolute atomic E-state index is 0.0891. The monoisotopic (exact) mass is 647 g/mol. The first-order valence-corrected chi connectivity index (χ1v) is 16.0. The second-order valence-electron chi connectivity index (χ2n) is 11.4. The van der Waals surface area contributed by atoms with Crippen molar-refractivity contribution in [3.63, 3.8) is 0 Å². The standard InChI is InChI=1S/C40H35ClFNO4/c41-32-16-21-37-36(25-32)35(23-24-47-34-19-13-28(14-20-34)15-22-39(44)45)38(27-46-26-29-11-17-33(42)18-12-29)43(37)40(30-7-3-1-4-8-30)31-9-5-2-6-10-31/h1-14,16-21,25,40H,15,22-24,26-27H2,(H,44,45). The van der Waals surface area contributed by atoms with E-state index in [1.807, 2.05) is 48.5 Å². The summed E-state index contributed by atoms with van der Waals surface area (Å²) < 4.78 is 28.5. The van der Waals surface area contributed by atoms with Gasteiger partial charge in [0, 0.05) is 34.5 Å². The first kappa shape index (κ1) is 32.0. The molecule has 0 saturated carbocycles. The van der Waals surface area contributed by atoms with Gasteiger partial charge in [0.1, 0.15) is 11.6 Å². The number of hydrogen-bond donors (Lipinski definition) is 1. The number of aromatic nitrogens is 1. The maximum atomic E-state index is 13.6. The summed E-state index contributed by atoms with van der Waals surface area (Å²) in [6.07, 6.45) is 1.16. The van der Waals surface area contributed by atoms with Gasteiger partial charge in [-0.2, -0.15) is 0 Å². The summed E-state index contributed by atoms with van der Waals surface area (Å²) in [5.74, 6) is -0.383. The predicted octanol–water partition coefficient (Wildman–Crippen LogP) is 9.43. The van der Waals surface area contributed by atoms with Crippen molar-refractivity contribution in [2.24, 2.45) is 0 Å². The average molecular weight is 648 g/mol. The van der Waals surface area contributed by atoms with E-state index in [2.05, 4.69) is 59.2 Å². The van der Waals surface area contributed by atoms with Crippen LogP contribution in [-0.2, 0) is 35.6 Å². The fourth-order valence-electron chi connectivity index (χ4n) is 6.02. The van der Waals surface area contributed by atoms with E-state index in [0.717, 1.165) is 44.4 Å². The fraction of sp³-hybridized carbons (Fsp3) is 0.175. The van der Waals surface area contributed by atoms with Gasteiger partial charge in [-0.3, -0.25) is 4.79 Å². The molecule has 0 atom stereocenters. The molecule has 0 spiro atoms. The lowest BCUT2D eigenvalue weighted by Crippen LogP contribution is -2.17. The minimum Gasteiger partial charge on any atom is -0.493 e. The quantitative estimate of drug-likeness (QED) is 0.128. The molecule has 238 valence electrons. The molecule has 6 rings (SSSR count). The minimum atomic E-state index is -0.816. The molecule has 6 aromatic rings. The molecule has 0 aliphatic rings. The maximum Gasteiger partial charge on any atom is 0.303 e. The summed E-state index contributed by atoms with van der Waals surface area (Å²) in [6, 6.07) is 40.6. The molecule has 1 heterocycles. The highest BCUT2D eigenvalue weighted by Crippen LogP contribution is 2.38. The molecular weight excluding hydrogens is 613 g/mol. The number of nitrogens with zero attached hydrogens (tertiary/aromatic N) is 1. The van der Waals surface area contributed by atoms with Crippen LogP contribution in [0.2, 0.25) is 5.02 Å². The van der Waals surface area contributed by atoms with Gasteiger partial charge in [-0.25, -0.2) is 4.39 Å². The van der Waals surface area contributed by atoms with Crippen molar-refractivity contribution in [3.8, 4) is 5.75 Å². The van der Waals surface area contributed by atoms with Gasteiger partial charge in [0.2, 0.25) is 0 Å². The highest BCUT2D eigenvalue weighted by Gasteiger charge is 2.26. The number of rotatable bonds is 14. The first-order valence-electron chi connectivity index (χ1n) is 15.6. The number of carbonyl (C=O) groups is 1. The molecule has 1 N–H and O–H groups in total. The number of benzene rings is 5. The average Bonchev–Trinajstić information content (AvgIpc) is 3.38. The van der Waals surface area contributed by atoms with E-state index in [4.69, 9.17) is 26.2 Å². The summed E-state index contributed by atoms with van der Waals surface area (Å²) in [5.41, 5.74) is 7.23. The van der Waals surface area contributed by atoms with Gasteiger partial charge in [0.15, 0.2) is 0 Å². The molecular formula is C40H35ClFNO4. The molecule has 0 aliphatic heterocycles. The topological polar surface area (TPSA) is 60.7 Å². The molecule has 0 fully saturated rings. The molecule has 5 nitrogen and oxygen atoms in total. The Balaban J connectivity index is 1.38. The lowest BCUT2D eigenvalue weighted by atomic mass is 9.98. The van der Waals surface area contributed by atoms with Crippen LogP contribution in [0.25, 0.3) is 10.9 Å². The van der Waals surface area contributed by atoms with Gasteiger partial charge in [-0.15, -0.1) is 0 Å². The van der Waals surface area contributed by atoms with Crippen molar-refractivity contribution in [3.05, 3.63) is 172 Å². The predicted molar refractivity (Wildman–Crippen MR) is 184 cm³/mol. The lowest BCUT2D eigenvalue weighted by molar-refractivity contribution is -0.136. The van der Waals surface area contributed by atoms with Gasteiger partial charge in [0.25, 0.3) is 0 Å². The fourth-order valence-corrected chi connectivity index (χ4v) is 6.19. The summed E-state index contributed by atoms with van der Waals surface area (Å²) in [6.45, 7) is 1.05. The van der Waals surface area contributed by atoms with E-state index in [-0.39, 0.29) is 18.3 Å². The third-order valence-corrected chi connectivity index (χ3v) is 8.50. The van der Waals surface area contributed by atoms with Crippen molar-refractivity contribution >= 4 is 28.5 Å². The molecule has 0 bridgehead atoms. The normalized spacial score (nSPS) is 11.3. The van der Waals surface area contributed by atoms with E-state index in [0.29, 0.717) is 43.4 Å². The summed E-state index contributed by atoms with van der Waals surface area (Å²) in [5, 5.41) is 10.7. The Bertz CT molecular complexity index is 1880. The number of carboxylic acids is 1. The molecule has 5 aromatic carbocycles. The van der Waals surface area contributed by atoms with Crippen LogP contribution in [0.4, 0.5) is 4.39 Å². The van der Waals surface area contributed by atoms with Crippen LogP contribution in [0, 0.1) is 5.82 Å². The van der Waals surface area contributed by atoms with E-state index in [1.54, 1.807) is 12.1 Å². The Hall–Kier alpha value is -4.91. The number of ether oxygens (including phenoxy) is 2. The number of aryl methyl sites for hydroxylation is 1. The molecule has 47 heavy (non-hydrogen) atoms. The van der Waals surface area contributed by atoms with Crippen LogP contribution < -0.4 is 4.74 Å². The van der Waals surface area contributed by atoms with Crippen LogP contribution in [-0.4, -0.2) is 22.2 Å². The van der Waals surface area contributed by atoms with Crippen LogP contribution in [0.3, 0.4) is 0 Å². The van der Waals surface area contributed by atoms with Crippen LogP contribution in [0.1, 0.15) is 46.0 Å². The van der Waals surface area contributed by atoms with Crippen LogP contribution >= 0.6 is 11.6 Å². The Morgan fingerprint density at radius 3 is 2.04 bits per heavy atom. The van der Waals surface area contributed by atoms with Crippen molar-refractivity contribution in [2.45, 2.75) is 38.5 Å². The summed E-state index contributed by atoms with van der Waals surface area (Å²) in [4.78, 5) is 11.0. The SMILES string of the molecule is O=C(O)CCc1ccc(OCCc2c(COCc3ccc(F)cc3)n(C(c3ccccc3)c3ccccc3)c3ccc(Cl)cc23)cc1. The Morgan fingerprint density at radius 1 is 0.766 bits per heavy atom. The highest BCUT2D eigenvalue weighted by atomic mass is 35.5. The van der Waals surface area contributed by atoms with Crippen molar-refractivity contribution in [1.82, 2.24) is 4.57 Å². The van der Waals surface area contributed by atoms with Crippen molar-refractivity contribution in [1.29, 1.82) is 0 Å². The van der Waals surface area contributed by atoms with Gasteiger partial charge < -0.3 is 19.1 Å². The maximum absolute atomic E-state index is 13.6. The number of fused-ring (bicyclic) bond motifs is 1. The van der Waals surface area contributed by atoms with E-state index >= 15 is 0 Å². The Labute approximate surface area is 278 Å². The second-order valence-corrected chi connectivity index (χ2v) is 11.9. The smallest absolute Gasteiger partial charge is 0.303 e. The van der Waals surface area contributed by atoms with Crippen LogP contribution in [0.5, 0.6) is 5.75 Å². The molecule has 0 aliphatic carbocycles. The van der Waals surface area contributed by atoms with Crippen molar-refractivity contribution in [2.75, 3.05) is 6.61 Å². The van der Waals surface area contributed by atoms with Crippen LogP contribution in [0.15, 0.2) is 127 Å². The zero-order chi connectivity index (χ0) is 32.6. The Kier molecular flexibility index (Phi) is 10.3. The number of aliphatic carboxylic acids is 1. The van der Waals surface area contributed by atoms with Gasteiger partial charge in [0.05, 0.1) is 25.9 Å². The summed E-state index contributed by atoms with van der Waals surface area (Å²) >= 11 is 6.61. The largest absolute Gasteiger partial charge is 0.493 e. The van der Waals surface area contributed by atoms with E-state index in [1.165, 1.54) is 12.1 Å². The lowest BCUT2D eigenvalue weighted by Gasteiger charge is -2.25. The van der Waals surface area contributed by atoms with Gasteiger partial charge in [-0.1, -0.05) is 96.5 Å². The van der Waals surface area contributed by atoms with Gasteiger partial charge >= 0.3 is 5.97 Å². The third-order valence-electron chi connectivity index (χ3n) is 8.26. The molecule has 0 radical (unpaired) electrons. The van der Waals surface area contributed by atoms with E-state index in [9.17, 15) is 9.18 Å². The second kappa shape index (κ2) is 15.1. The number of halogens is 2. The molecule has 0 saturated heterocycles. The van der Waals surface area contributed by atoms with E-state index < -0.39 is 5.97 Å². The van der Waals surface area contributed by atoms with Crippen molar-refractivity contribution < 1.29 is 23.8 Å². The third kappa shape index (κ3) is 7.91. The number of carboxylic acid groups (broad SMARTS) is 1. The summed E-state index contributed by atoms with van der Waals surface area (Å²) in [7, 11) is 0. The van der Waals surface area contributed by atoms with Gasteiger partial charge in [-0.05, 0) is 76.7 Å². The molecule has 0 amide bonds.